The van der Waals surface area contributed by atoms with Crippen LogP contribution in [0.5, 0.6) is 5.75 Å². The second-order valence-corrected chi connectivity index (χ2v) is 8.32. The molecule has 3 rings (SSSR count). The van der Waals surface area contributed by atoms with Crippen molar-refractivity contribution in [3.8, 4) is 5.75 Å². The summed E-state index contributed by atoms with van der Waals surface area (Å²) in [5.41, 5.74) is 1.90. The first-order valence-corrected chi connectivity index (χ1v) is 11.1. The summed E-state index contributed by atoms with van der Waals surface area (Å²) in [6.45, 7) is 5.17. The van der Waals surface area contributed by atoms with Gasteiger partial charge in [-0.05, 0) is 31.0 Å². The smallest absolute Gasteiger partial charge is 0.306 e. The minimum absolute atomic E-state index is 0.323. The maximum absolute atomic E-state index is 11.5. The maximum atomic E-state index is 11.5. The molecule has 0 N–H and O–H groups in total. The summed E-state index contributed by atoms with van der Waals surface area (Å²) in [6.07, 6.45) is 6.61. The minimum Gasteiger partial charge on any atom is -0.440 e. The number of anilines is 1. The van der Waals surface area contributed by atoms with E-state index in [2.05, 4.69) is 11.8 Å². The van der Waals surface area contributed by atoms with E-state index >= 15 is 0 Å². The molecule has 6 nitrogen and oxygen atoms in total. The fourth-order valence-electron chi connectivity index (χ4n) is 3.33. The molecule has 2 aromatic rings. The predicted octanol–water partition coefficient (Wildman–Crippen LogP) is 3.73. The zero-order valence-electron chi connectivity index (χ0n) is 15.5. The van der Waals surface area contributed by atoms with Crippen molar-refractivity contribution in [3.05, 3.63) is 23.8 Å². The van der Waals surface area contributed by atoms with Gasteiger partial charge in [0.1, 0.15) is 11.3 Å². The average molecular weight is 381 g/mol. The number of morpholine rings is 1. The molecule has 0 amide bonds. The Kier molecular flexibility index (Phi) is 6.09. The largest absolute Gasteiger partial charge is 0.440 e. The molecule has 0 radical (unpaired) electrons. The Bertz CT molecular complexity index is 837. The average Bonchev–Trinajstić information content (AvgIpc) is 2.96. The van der Waals surface area contributed by atoms with Gasteiger partial charge >= 0.3 is 10.1 Å². The molecule has 1 aliphatic heterocycles. The summed E-state index contributed by atoms with van der Waals surface area (Å²) in [5.74, 6) is 1.21. The van der Waals surface area contributed by atoms with Crippen LogP contribution in [0.15, 0.2) is 22.6 Å². The molecular weight excluding hydrogens is 354 g/mol. The van der Waals surface area contributed by atoms with Gasteiger partial charge in [0.2, 0.25) is 0 Å². The molecule has 0 aliphatic carbocycles. The fourth-order valence-corrected chi connectivity index (χ4v) is 3.79. The summed E-state index contributed by atoms with van der Waals surface area (Å²) in [5, 5.41) is 0.934. The molecule has 0 spiro atoms. The van der Waals surface area contributed by atoms with Crippen molar-refractivity contribution in [1.29, 1.82) is 0 Å². The van der Waals surface area contributed by atoms with Gasteiger partial charge in [-0.2, -0.15) is 8.42 Å². The Morgan fingerprint density at radius 2 is 1.92 bits per heavy atom. The second kappa shape index (κ2) is 8.31. The third-order valence-electron chi connectivity index (χ3n) is 4.57. The van der Waals surface area contributed by atoms with Crippen LogP contribution in [0.25, 0.3) is 11.0 Å². The lowest BCUT2D eigenvalue weighted by Gasteiger charge is -2.27. The lowest BCUT2D eigenvalue weighted by Crippen LogP contribution is -2.36. The molecule has 7 heteroatoms. The van der Waals surface area contributed by atoms with E-state index in [1.165, 1.54) is 19.3 Å². The van der Waals surface area contributed by atoms with E-state index in [-0.39, 0.29) is 0 Å². The van der Waals surface area contributed by atoms with Crippen molar-refractivity contribution in [2.24, 2.45) is 0 Å². The number of fused-ring (bicyclic) bond motifs is 1. The highest BCUT2D eigenvalue weighted by atomic mass is 32.2. The highest BCUT2D eigenvalue weighted by molar-refractivity contribution is 7.86. The van der Waals surface area contributed by atoms with Crippen LogP contribution < -0.4 is 9.08 Å². The van der Waals surface area contributed by atoms with Crippen LogP contribution in [-0.2, 0) is 21.3 Å². The molecule has 2 heterocycles. The monoisotopic (exact) mass is 381 g/mol. The maximum Gasteiger partial charge on any atom is 0.306 e. The van der Waals surface area contributed by atoms with Crippen LogP contribution in [0, 0.1) is 0 Å². The highest BCUT2D eigenvalue weighted by Crippen LogP contribution is 2.36. The molecule has 1 aromatic heterocycles. The Morgan fingerprint density at radius 3 is 2.62 bits per heavy atom. The molecule has 1 saturated heterocycles. The summed E-state index contributed by atoms with van der Waals surface area (Å²) in [6, 6.07) is 5.20. The molecule has 0 unspecified atom stereocenters. The standard InChI is InChI=1S/C19H27NO5S/c1-3-4-5-6-7-16-17-14-15(25-26(2,21)22)8-9-18(17)24-19(16)20-10-12-23-13-11-20/h8-9,14H,3-7,10-13H2,1-2H3. The third kappa shape index (κ3) is 4.71. The van der Waals surface area contributed by atoms with Gasteiger partial charge in [-0.15, -0.1) is 0 Å². The molecule has 26 heavy (non-hydrogen) atoms. The second-order valence-electron chi connectivity index (χ2n) is 6.74. The van der Waals surface area contributed by atoms with E-state index < -0.39 is 10.1 Å². The number of nitrogens with zero attached hydrogens (tertiary/aromatic N) is 1. The molecule has 1 aromatic carbocycles. The van der Waals surface area contributed by atoms with Crippen LogP contribution in [0.3, 0.4) is 0 Å². The minimum atomic E-state index is -3.55. The highest BCUT2D eigenvalue weighted by Gasteiger charge is 2.22. The van der Waals surface area contributed by atoms with Gasteiger partial charge in [-0.3, -0.25) is 0 Å². The normalized spacial score (nSPS) is 15.5. The zero-order chi connectivity index (χ0) is 18.6. The molecule has 1 aliphatic rings. The SMILES string of the molecule is CCCCCCc1c(N2CCOCC2)oc2ccc(OS(C)(=O)=O)cc12. The van der Waals surface area contributed by atoms with Gasteiger partial charge < -0.3 is 18.2 Å². The Balaban J connectivity index is 1.95. The van der Waals surface area contributed by atoms with Crippen molar-refractivity contribution in [2.45, 2.75) is 39.0 Å². The first-order valence-electron chi connectivity index (χ1n) is 9.25. The van der Waals surface area contributed by atoms with E-state index in [1.807, 2.05) is 0 Å². The van der Waals surface area contributed by atoms with Crippen LogP contribution in [-0.4, -0.2) is 41.0 Å². The van der Waals surface area contributed by atoms with Crippen molar-refractivity contribution < 1.29 is 21.8 Å². The quantitative estimate of drug-likeness (QED) is 0.513. The number of hydrogen-bond acceptors (Lipinski definition) is 6. The van der Waals surface area contributed by atoms with Crippen molar-refractivity contribution >= 4 is 27.0 Å². The fraction of sp³-hybridized carbons (Fsp3) is 0.579. The number of aryl methyl sites for hydroxylation is 1. The van der Waals surface area contributed by atoms with Crippen LogP contribution in [0.4, 0.5) is 5.88 Å². The van der Waals surface area contributed by atoms with Gasteiger partial charge in [0.25, 0.3) is 0 Å². The molecule has 0 bridgehead atoms. The van der Waals surface area contributed by atoms with E-state index in [0.29, 0.717) is 19.0 Å². The number of furan rings is 1. The van der Waals surface area contributed by atoms with Gasteiger partial charge in [0.15, 0.2) is 5.88 Å². The third-order valence-corrected chi connectivity index (χ3v) is 5.06. The predicted molar refractivity (Wildman–Crippen MR) is 103 cm³/mol. The van der Waals surface area contributed by atoms with Crippen LogP contribution >= 0.6 is 0 Å². The van der Waals surface area contributed by atoms with E-state index in [0.717, 1.165) is 54.6 Å². The van der Waals surface area contributed by atoms with Crippen LogP contribution in [0.1, 0.15) is 38.2 Å². The lowest BCUT2D eigenvalue weighted by molar-refractivity contribution is 0.121. The van der Waals surface area contributed by atoms with Gasteiger partial charge in [-0.25, -0.2) is 0 Å². The number of hydrogen-bond donors (Lipinski definition) is 0. The topological polar surface area (TPSA) is 69.0 Å². The van der Waals surface area contributed by atoms with Crippen LogP contribution in [0.2, 0.25) is 0 Å². The number of rotatable bonds is 8. The molecular formula is C19H27NO5S. The Labute approximate surface area is 155 Å². The van der Waals surface area contributed by atoms with Crippen molar-refractivity contribution in [1.82, 2.24) is 0 Å². The van der Waals surface area contributed by atoms with Gasteiger partial charge in [-0.1, -0.05) is 26.2 Å². The number of ether oxygens (including phenoxy) is 1. The van der Waals surface area contributed by atoms with E-state index in [9.17, 15) is 8.42 Å². The van der Waals surface area contributed by atoms with Crippen molar-refractivity contribution in [2.75, 3.05) is 37.5 Å². The summed E-state index contributed by atoms with van der Waals surface area (Å²) < 4.78 is 39.6. The first-order chi connectivity index (χ1) is 12.5. The van der Waals surface area contributed by atoms with E-state index in [4.69, 9.17) is 13.3 Å². The first kappa shape index (κ1) is 19.0. The molecule has 1 fully saturated rings. The molecule has 144 valence electrons. The number of unbranched alkanes of at least 4 members (excludes halogenated alkanes) is 3. The van der Waals surface area contributed by atoms with E-state index in [1.54, 1.807) is 18.2 Å². The molecule has 0 saturated carbocycles. The Morgan fingerprint density at radius 1 is 1.15 bits per heavy atom. The zero-order valence-corrected chi connectivity index (χ0v) is 16.3. The summed E-state index contributed by atoms with van der Waals surface area (Å²) >= 11 is 0. The Hall–Kier alpha value is -1.73. The molecule has 0 atom stereocenters. The van der Waals surface area contributed by atoms with Crippen molar-refractivity contribution in [3.63, 3.8) is 0 Å². The van der Waals surface area contributed by atoms with Gasteiger partial charge in [0, 0.05) is 24.0 Å². The lowest BCUT2D eigenvalue weighted by atomic mass is 10.0. The summed E-state index contributed by atoms with van der Waals surface area (Å²) in [4.78, 5) is 2.22. The number of benzene rings is 1. The van der Waals surface area contributed by atoms with Gasteiger partial charge in [0.05, 0.1) is 19.5 Å². The summed E-state index contributed by atoms with van der Waals surface area (Å²) in [7, 11) is -3.55.